The molecule has 0 rings (SSSR count). The summed E-state index contributed by atoms with van der Waals surface area (Å²) in [4.78, 5) is 21.6. The van der Waals surface area contributed by atoms with Crippen LogP contribution in [-0.2, 0) is 4.79 Å². The summed E-state index contributed by atoms with van der Waals surface area (Å²) in [5.41, 5.74) is 0. The lowest BCUT2D eigenvalue weighted by atomic mass is 10.1. The number of nitrogens with one attached hydrogen (secondary N) is 2. The Morgan fingerprint density at radius 2 is 2.12 bits per heavy atom. The van der Waals surface area contributed by atoms with Crippen LogP contribution in [0.25, 0.3) is 0 Å². The number of amides is 2. The van der Waals surface area contributed by atoms with E-state index in [1.54, 1.807) is 0 Å². The molecule has 0 saturated heterocycles. The highest BCUT2D eigenvalue weighted by molar-refractivity contribution is 5.74. The molecule has 4 N–H and O–H groups in total. The second kappa shape index (κ2) is 8.42. The van der Waals surface area contributed by atoms with Crippen molar-refractivity contribution in [2.24, 2.45) is 0 Å². The normalized spacial score (nSPS) is 13.2. The van der Waals surface area contributed by atoms with Gasteiger partial charge in [0.1, 0.15) is 0 Å². The minimum Gasteiger partial charge on any atom is -0.479 e. The average molecular weight is 242 g/mol. The van der Waals surface area contributed by atoms with Crippen LogP contribution in [0, 0.1) is 12.3 Å². The summed E-state index contributed by atoms with van der Waals surface area (Å²) < 4.78 is 0. The van der Waals surface area contributed by atoms with E-state index >= 15 is 0 Å². The van der Waals surface area contributed by atoms with Gasteiger partial charge in [-0.05, 0) is 6.42 Å². The van der Waals surface area contributed by atoms with E-state index in [9.17, 15) is 9.59 Å². The molecule has 0 aromatic rings. The Kier molecular flexibility index (Phi) is 7.55. The highest BCUT2D eigenvalue weighted by Gasteiger charge is 2.13. The zero-order valence-electron chi connectivity index (χ0n) is 9.77. The smallest absolute Gasteiger partial charge is 0.332 e. The van der Waals surface area contributed by atoms with Crippen LogP contribution in [0.1, 0.15) is 26.2 Å². The summed E-state index contributed by atoms with van der Waals surface area (Å²) in [5.74, 6) is 1.15. The Bertz CT molecular complexity index is 298. The molecular formula is C11H18N2O4. The number of carbonyl (C=O) groups excluding carboxylic acids is 1. The number of hydrogen-bond acceptors (Lipinski definition) is 3. The van der Waals surface area contributed by atoms with Gasteiger partial charge in [0.15, 0.2) is 6.10 Å². The molecule has 0 aliphatic rings. The molecule has 0 aliphatic heterocycles. The van der Waals surface area contributed by atoms with E-state index < -0.39 is 18.1 Å². The van der Waals surface area contributed by atoms with E-state index in [1.165, 1.54) is 0 Å². The third-order valence-electron chi connectivity index (χ3n) is 2.18. The van der Waals surface area contributed by atoms with E-state index in [4.69, 9.17) is 16.6 Å². The number of rotatable bonds is 7. The predicted molar refractivity (Wildman–Crippen MR) is 62.3 cm³/mol. The number of urea groups is 1. The standard InChI is InChI=1S/C11H18N2O4/c1-3-5-8(4-2)13-11(17)12-7-6-9(14)10(15)16/h1,8-9,14H,4-7H2,2H3,(H,15,16)(H2,12,13,17). The van der Waals surface area contributed by atoms with Crippen molar-refractivity contribution in [3.8, 4) is 12.3 Å². The highest BCUT2D eigenvalue weighted by atomic mass is 16.4. The van der Waals surface area contributed by atoms with Crippen molar-refractivity contribution < 1.29 is 19.8 Å². The molecule has 96 valence electrons. The average Bonchev–Trinajstić information content (AvgIpc) is 2.28. The van der Waals surface area contributed by atoms with Crippen molar-refractivity contribution in [1.82, 2.24) is 10.6 Å². The van der Waals surface area contributed by atoms with Gasteiger partial charge in [-0.15, -0.1) is 12.3 Å². The van der Waals surface area contributed by atoms with Crippen LogP contribution in [0.4, 0.5) is 4.79 Å². The quantitative estimate of drug-likeness (QED) is 0.469. The molecule has 2 amide bonds. The van der Waals surface area contributed by atoms with Gasteiger partial charge < -0.3 is 20.8 Å². The van der Waals surface area contributed by atoms with Crippen LogP contribution in [0.3, 0.4) is 0 Å². The van der Waals surface area contributed by atoms with Crippen LogP contribution >= 0.6 is 0 Å². The van der Waals surface area contributed by atoms with Gasteiger partial charge in [-0.25, -0.2) is 9.59 Å². The van der Waals surface area contributed by atoms with Crippen LogP contribution in [0.2, 0.25) is 0 Å². The van der Waals surface area contributed by atoms with Crippen LogP contribution < -0.4 is 10.6 Å². The van der Waals surface area contributed by atoms with Gasteiger partial charge in [0.2, 0.25) is 0 Å². The lowest BCUT2D eigenvalue weighted by Gasteiger charge is -2.15. The van der Waals surface area contributed by atoms with Gasteiger partial charge in [-0.3, -0.25) is 0 Å². The molecular weight excluding hydrogens is 224 g/mol. The molecule has 0 aliphatic carbocycles. The number of aliphatic carboxylic acids is 1. The fourth-order valence-electron chi connectivity index (χ4n) is 1.12. The van der Waals surface area contributed by atoms with Crippen LogP contribution in [0.5, 0.6) is 0 Å². The molecule has 17 heavy (non-hydrogen) atoms. The van der Waals surface area contributed by atoms with E-state index in [0.29, 0.717) is 6.42 Å². The Labute approximate surface area is 100 Å². The van der Waals surface area contributed by atoms with Crippen molar-refractivity contribution in [2.75, 3.05) is 6.54 Å². The van der Waals surface area contributed by atoms with Crippen molar-refractivity contribution in [3.05, 3.63) is 0 Å². The molecule has 0 spiro atoms. The first kappa shape index (κ1) is 15.3. The monoisotopic (exact) mass is 242 g/mol. The first-order valence-corrected chi connectivity index (χ1v) is 5.40. The van der Waals surface area contributed by atoms with Gasteiger partial charge in [0.25, 0.3) is 0 Å². The summed E-state index contributed by atoms with van der Waals surface area (Å²) >= 11 is 0. The lowest BCUT2D eigenvalue weighted by molar-refractivity contribution is -0.146. The maximum absolute atomic E-state index is 11.3. The second-order valence-corrected chi connectivity index (χ2v) is 3.56. The summed E-state index contributed by atoms with van der Waals surface area (Å²) in [6, 6.07) is -0.505. The van der Waals surface area contributed by atoms with E-state index in [2.05, 4.69) is 16.6 Å². The maximum Gasteiger partial charge on any atom is 0.332 e. The molecule has 2 unspecified atom stereocenters. The largest absolute Gasteiger partial charge is 0.479 e. The fraction of sp³-hybridized carbons (Fsp3) is 0.636. The van der Waals surface area contributed by atoms with Crippen molar-refractivity contribution in [3.63, 3.8) is 0 Å². The molecule has 0 heterocycles. The molecule has 6 heteroatoms. The summed E-state index contributed by atoms with van der Waals surface area (Å²) in [5, 5.41) is 22.5. The molecule has 0 fully saturated rings. The maximum atomic E-state index is 11.3. The van der Waals surface area contributed by atoms with Gasteiger partial charge in [0.05, 0.1) is 0 Å². The number of aliphatic hydroxyl groups excluding tert-OH is 1. The first-order chi connectivity index (χ1) is 8.01. The van der Waals surface area contributed by atoms with Gasteiger partial charge >= 0.3 is 12.0 Å². The zero-order valence-corrected chi connectivity index (χ0v) is 9.77. The molecule has 6 nitrogen and oxygen atoms in total. The van der Waals surface area contributed by atoms with E-state index in [0.717, 1.165) is 6.42 Å². The summed E-state index contributed by atoms with van der Waals surface area (Å²) in [6.45, 7) is 1.99. The van der Waals surface area contributed by atoms with Crippen LogP contribution in [0.15, 0.2) is 0 Å². The molecule has 0 saturated carbocycles. The molecule has 0 aromatic heterocycles. The SMILES string of the molecule is C#CCC(CC)NC(=O)NCCC(O)C(=O)O. The van der Waals surface area contributed by atoms with Crippen molar-refractivity contribution >= 4 is 12.0 Å². The summed E-state index contributed by atoms with van der Waals surface area (Å²) in [7, 11) is 0. The number of carbonyl (C=O) groups is 2. The molecule has 0 radical (unpaired) electrons. The lowest BCUT2D eigenvalue weighted by Crippen LogP contribution is -2.42. The predicted octanol–water partition coefficient (Wildman–Crippen LogP) is -0.0769. The highest BCUT2D eigenvalue weighted by Crippen LogP contribution is 1.95. The summed E-state index contributed by atoms with van der Waals surface area (Å²) in [6.07, 6.45) is 4.81. The Morgan fingerprint density at radius 1 is 1.47 bits per heavy atom. The molecule has 0 bridgehead atoms. The fourth-order valence-corrected chi connectivity index (χ4v) is 1.12. The van der Waals surface area contributed by atoms with Crippen molar-refractivity contribution in [1.29, 1.82) is 0 Å². The van der Waals surface area contributed by atoms with E-state index in [1.807, 2.05) is 6.92 Å². The number of terminal acetylenes is 1. The van der Waals surface area contributed by atoms with Gasteiger partial charge in [-0.2, -0.15) is 0 Å². The number of carboxylic acid groups (broad SMARTS) is 1. The van der Waals surface area contributed by atoms with Gasteiger partial charge in [0, 0.05) is 25.4 Å². The third kappa shape index (κ3) is 7.19. The first-order valence-electron chi connectivity index (χ1n) is 5.40. The Balaban J connectivity index is 3.80. The van der Waals surface area contributed by atoms with Crippen molar-refractivity contribution in [2.45, 2.75) is 38.3 Å². The Morgan fingerprint density at radius 3 is 2.59 bits per heavy atom. The zero-order chi connectivity index (χ0) is 13.3. The number of hydrogen-bond donors (Lipinski definition) is 4. The minimum absolute atomic E-state index is 0.0331. The number of aliphatic hydroxyl groups is 1. The molecule has 2 atom stereocenters. The van der Waals surface area contributed by atoms with Crippen LogP contribution in [-0.4, -0.2) is 40.9 Å². The minimum atomic E-state index is -1.46. The third-order valence-corrected chi connectivity index (χ3v) is 2.18. The van der Waals surface area contributed by atoms with Gasteiger partial charge in [-0.1, -0.05) is 6.92 Å². The second-order valence-electron chi connectivity index (χ2n) is 3.56. The van der Waals surface area contributed by atoms with E-state index in [-0.39, 0.29) is 19.0 Å². The molecule has 0 aromatic carbocycles. The topological polar surface area (TPSA) is 98.7 Å². The number of carboxylic acids is 1. The Hall–Kier alpha value is -1.74.